The summed E-state index contributed by atoms with van der Waals surface area (Å²) < 4.78 is 0. The lowest BCUT2D eigenvalue weighted by atomic mass is 9.96. The molecule has 0 radical (unpaired) electrons. The zero-order valence-electron chi connectivity index (χ0n) is 12.5. The first-order chi connectivity index (χ1) is 10.1. The first kappa shape index (κ1) is 14.8. The first-order valence-electron chi connectivity index (χ1n) is 7.68. The van der Waals surface area contributed by atoms with E-state index in [1.54, 1.807) is 11.3 Å². The predicted molar refractivity (Wildman–Crippen MR) is 83.6 cm³/mol. The highest BCUT2D eigenvalue weighted by Gasteiger charge is 2.42. The lowest BCUT2D eigenvalue weighted by Crippen LogP contribution is -2.42. The molecule has 1 saturated heterocycles. The fourth-order valence-corrected chi connectivity index (χ4v) is 3.66. The van der Waals surface area contributed by atoms with E-state index in [1.165, 1.54) is 0 Å². The van der Waals surface area contributed by atoms with Gasteiger partial charge in [0.05, 0.1) is 12.3 Å². The van der Waals surface area contributed by atoms with Crippen LogP contribution in [-0.2, 0) is 4.79 Å². The van der Waals surface area contributed by atoms with Crippen molar-refractivity contribution in [2.45, 2.75) is 32.6 Å². The quantitative estimate of drug-likeness (QED) is 0.866. The number of hydrogen-bond acceptors (Lipinski definition) is 5. The minimum Gasteiger partial charge on any atom is -0.396 e. The zero-order chi connectivity index (χ0) is 14.9. The number of rotatable bonds is 5. The molecule has 2 aliphatic rings. The van der Waals surface area contributed by atoms with Crippen LogP contribution in [-0.4, -0.2) is 42.2 Å². The molecule has 1 saturated carbocycles. The van der Waals surface area contributed by atoms with Crippen molar-refractivity contribution in [3.8, 4) is 0 Å². The number of anilines is 1. The number of thiazole rings is 1. The van der Waals surface area contributed by atoms with Crippen LogP contribution in [0.1, 0.15) is 31.4 Å². The highest BCUT2D eigenvalue weighted by molar-refractivity contribution is 7.13. The standard InChI is InChI=1S/C15H23N3O2S/c1-11-8-21-14(17-11)18-6-2-12(3-7-18)13(20)16-9-15(10-19)4-5-15/h8,12,19H,2-7,9-10H2,1H3,(H,16,20). The fourth-order valence-electron chi connectivity index (χ4n) is 2.81. The van der Waals surface area contributed by atoms with E-state index in [1.807, 2.05) is 6.92 Å². The average molecular weight is 309 g/mol. The van der Waals surface area contributed by atoms with Crippen LogP contribution in [0.2, 0.25) is 0 Å². The van der Waals surface area contributed by atoms with Gasteiger partial charge in [-0.1, -0.05) is 0 Å². The van der Waals surface area contributed by atoms with Crippen LogP contribution in [0.3, 0.4) is 0 Å². The summed E-state index contributed by atoms with van der Waals surface area (Å²) in [7, 11) is 0. The van der Waals surface area contributed by atoms with E-state index in [-0.39, 0.29) is 23.8 Å². The van der Waals surface area contributed by atoms with Crippen molar-refractivity contribution in [2.75, 3.05) is 31.1 Å². The van der Waals surface area contributed by atoms with Crippen LogP contribution < -0.4 is 10.2 Å². The van der Waals surface area contributed by atoms with Gasteiger partial charge >= 0.3 is 0 Å². The van der Waals surface area contributed by atoms with Crippen LogP contribution in [0.25, 0.3) is 0 Å². The molecule has 2 fully saturated rings. The summed E-state index contributed by atoms with van der Waals surface area (Å²) in [6.07, 6.45) is 3.84. The molecule has 1 aromatic rings. The van der Waals surface area contributed by atoms with E-state index in [0.29, 0.717) is 6.54 Å². The van der Waals surface area contributed by atoms with Gasteiger partial charge in [0.1, 0.15) is 0 Å². The molecule has 6 heteroatoms. The van der Waals surface area contributed by atoms with Gasteiger partial charge in [0, 0.05) is 36.3 Å². The molecule has 3 rings (SSSR count). The summed E-state index contributed by atoms with van der Waals surface area (Å²) >= 11 is 1.68. The first-order valence-corrected chi connectivity index (χ1v) is 8.55. The summed E-state index contributed by atoms with van der Waals surface area (Å²) in [4.78, 5) is 19.0. The number of amides is 1. The van der Waals surface area contributed by atoms with Crippen LogP contribution in [0.4, 0.5) is 5.13 Å². The molecule has 0 spiro atoms. The Hall–Kier alpha value is -1.14. The molecule has 0 bridgehead atoms. The molecule has 5 nitrogen and oxygen atoms in total. The van der Waals surface area contributed by atoms with Crippen LogP contribution >= 0.6 is 11.3 Å². The maximum Gasteiger partial charge on any atom is 0.223 e. The van der Waals surface area contributed by atoms with Crippen molar-refractivity contribution in [2.24, 2.45) is 11.3 Å². The molecule has 1 aliphatic carbocycles. The molecule has 0 unspecified atom stereocenters. The fraction of sp³-hybridized carbons (Fsp3) is 0.733. The average Bonchev–Trinajstić information content (AvgIpc) is 3.18. The lowest BCUT2D eigenvalue weighted by molar-refractivity contribution is -0.125. The molecule has 21 heavy (non-hydrogen) atoms. The number of aryl methyl sites for hydroxylation is 1. The maximum atomic E-state index is 12.2. The van der Waals surface area contributed by atoms with E-state index in [9.17, 15) is 9.90 Å². The number of aromatic nitrogens is 1. The molecular formula is C15H23N3O2S. The van der Waals surface area contributed by atoms with Gasteiger partial charge in [0.2, 0.25) is 5.91 Å². The van der Waals surface area contributed by atoms with Gasteiger partial charge in [0.15, 0.2) is 5.13 Å². The van der Waals surface area contributed by atoms with E-state index < -0.39 is 0 Å². The van der Waals surface area contributed by atoms with Crippen molar-refractivity contribution in [1.29, 1.82) is 0 Å². The van der Waals surface area contributed by atoms with Crippen molar-refractivity contribution < 1.29 is 9.90 Å². The summed E-state index contributed by atoms with van der Waals surface area (Å²) in [5.74, 6) is 0.265. The van der Waals surface area contributed by atoms with Crippen LogP contribution in [0.5, 0.6) is 0 Å². The Balaban J connectivity index is 1.45. The van der Waals surface area contributed by atoms with E-state index >= 15 is 0 Å². The van der Waals surface area contributed by atoms with Gasteiger partial charge in [-0.05, 0) is 32.6 Å². The normalized spacial score (nSPS) is 21.3. The molecule has 2 heterocycles. The van der Waals surface area contributed by atoms with Crippen LogP contribution in [0, 0.1) is 18.3 Å². The topological polar surface area (TPSA) is 65.5 Å². The molecule has 2 N–H and O–H groups in total. The Labute approximate surface area is 129 Å². The Morgan fingerprint density at radius 1 is 1.52 bits per heavy atom. The second kappa shape index (κ2) is 5.93. The highest BCUT2D eigenvalue weighted by Crippen LogP contribution is 2.44. The third kappa shape index (κ3) is 3.37. The predicted octanol–water partition coefficient (Wildman–Crippen LogP) is 1.56. The summed E-state index contributed by atoms with van der Waals surface area (Å²) in [6, 6.07) is 0. The molecular weight excluding hydrogens is 286 g/mol. The van der Waals surface area contributed by atoms with Gasteiger partial charge < -0.3 is 15.3 Å². The van der Waals surface area contributed by atoms with Crippen molar-refractivity contribution in [1.82, 2.24) is 10.3 Å². The van der Waals surface area contributed by atoms with Crippen molar-refractivity contribution >= 4 is 22.4 Å². The molecule has 0 atom stereocenters. The van der Waals surface area contributed by atoms with E-state index in [4.69, 9.17) is 0 Å². The summed E-state index contributed by atoms with van der Waals surface area (Å²) in [5, 5.41) is 15.5. The minimum atomic E-state index is -0.00518. The van der Waals surface area contributed by atoms with Gasteiger partial charge in [0.25, 0.3) is 0 Å². The third-order valence-corrected chi connectivity index (χ3v) is 5.69. The van der Waals surface area contributed by atoms with Gasteiger partial charge in [-0.15, -0.1) is 11.3 Å². The number of hydrogen-bond donors (Lipinski definition) is 2. The SMILES string of the molecule is Cc1csc(N2CCC(C(=O)NCC3(CO)CC3)CC2)n1. The molecule has 1 aliphatic heterocycles. The third-order valence-electron chi connectivity index (χ3n) is 4.67. The number of piperidine rings is 1. The molecule has 116 valence electrons. The maximum absolute atomic E-state index is 12.2. The minimum absolute atomic E-state index is 0.00518. The highest BCUT2D eigenvalue weighted by atomic mass is 32.1. The summed E-state index contributed by atoms with van der Waals surface area (Å²) in [5.41, 5.74) is 1.06. The molecule has 1 aromatic heterocycles. The zero-order valence-corrected chi connectivity index (χ0v) is 13.3. The Morgan fingerprint density at radius 3 is 2.76 bits per heavy atom. The number of carbonyl (C=O) groups is 1. The van der Waals surface area contributed by atoms with Crippen LogP contribution in [0.15, 0.2) is 5.38 Å². The largest absolute Gasteiger partial charge is 0.396 e. The molecule has 1 amide bonds. The smallest absolute Gasteiger partial charge is 0.223 e. The lowest BCUT2D eigenvalue weighted by Gasteiger charge is -2.31. The monoisotopic (exact) mass is 309 g/mol. The van der Waals surface area contributed by atoms with E-state index in [2.05, 4.69) is 20.6 Å². The summed E-state index contributed by atoms with van der Waals surface area (Å²) in [6.45, 7) is 4.63. The Kier molecular flexibility index (Phi) is 4.17. The van der Waals surface area contributed by atoms with E-state index in [0.717, 1.165) is 49.6 Å². The number of nitrogens with zero attached hydrogens (tertiary/aromatic N) is 2. The number of carbonyl (C=O) groups excluding carboxylic acids is 1. The van der Waals surface area contributed by atoms with Gasteiger partial charge in [-0.3, -0.25) is 4.79 Å². The molecule has 0 aromatic carbocycles. The second-order valence-corrected chi connectivity index (χ2v) is 7.25. The number of aliphatic hydroxyl groups is 1. The van der Waals surface area contributed by atoms with Crippen molar-refractivity contribution in [3.63, 3.8) is 0 Å². The Morgan fingerprint density at radius 2 is 2.24 bits per heavy atom. The van der Waals surface area contributed by atoms with Crippen molar-refractivity contribution in [3.05, 3.63) is 11.1 Å². The number of nitrogens with one attached hydrogen (secondary N) is 1. The number of aliphatic hydroxyl groups excluding tert-OH is 1. The Bertz CT molecular complexity index is 505. The van der Waals surface area contributed by atoms with Gasteiger partial charge in [-0.25, -0.2) is 4.98 Å². The van der Waals surface area contributed by atoms with Gasteiger partial charge in [-0.2, -0.15) is 0 Å². The second-order valence-electron chi connectivity index (χ2n) is 6.41.